The van der Waals surface area contributed by atoms with Crippen molar-refractivity contribution in [1.29, 1.82) is 0 Å². The van der Waals surface area contributed by atoms with E-state index < -0.39 is 11.5 Å². The van der Waals surface area contributed by atoms with E-state index in [1.165, 1.54) is 13.3 Å². The van der Waals surface area contributed by atoms with Crippen molar-refractivity contribution in [3.8, 4) is 0 Å². The van der Waals surface area contributed by atoms with Crippen LogP contribution >= 0.6 is 11.6 Å². The van der Waals surface area contributed by atoms with Crippen LogP contribution in [0.5, 0.6) is 0 Å². The van der Waals surface area contributed by atoms with E-state index in [1.54, 1.807) is 0 Å². The number of hydrogen-bond donors (Lipinski definition) is 1. The monoisotopic (exact) mass is 217 g/mol. The first-order chi connectivity index (χ1) is 6.56. The molecule has 1 aromatic rings. The molecule has 6 nitrogen and oxygen atoms in total. The van der Waals surface area contributed by atoms with Crippen molar-refractivity contribution in [2.75, 3.05) is 12.8 Å². The second-order valence-electron chi connectivity index (χ2n) is 2.45. The summed E-state index contributed by atoms with van der Waals surface area (Å²) < 4.78 is 5.25. The molecule has 1 heterocycles. The summed E-state index contributed by atoms with van der Waals surface area (Å²) >= 11 is 5.56. The minimum Gasteiger partial charge on any atom is -0.468 e. The van der Waals surface area contributed by atoms with Crippen molar-refractivity contribution >= 4 is 23.3 Å². The number of carbonyl (C=O) groups excluding carboxylic acids is 1. The number of esters is 1. The number of carbonyl (C=O) groups is 1. The number of aromatic nitrogens is 2. The Hall–Kier alpha value is -1.56. The zero-order chi connectivity index (χ0) is 10.7. The third-order valence-electron chi connectivity index (χ3n) is 1.52. The predicted molar refractivity (Wildman–Crippen MR) is 49.9 cm³/mol. The highest BCUT2D eigenvalue weighted by Crippen LogP contribution is 2.09. The van der Waals surface area contributed by atoms with E-state index in [4.69, 9.17) is 17.3 Å². The Morgan fingerprint density at radius 1 is 1.79 bits per heavy atom. The van der Waals surface area contributed by atoms with Gasteiger partial charge in [0.25, 0.3) is 5.56 Å². The molecule has 0 unspecified atom stereocenters. The van der Waals surface area contributed by atoms with Crippen LogP contribution in [0.3, 0.4) is 0 Å². The lowest BCUT2D eigenvalue weighted by atomic mass is 10.5. The van der Waals surface area contributed by atoms with E-state index in [9.17, 15) is 9.59 Å². The maximum absolute atomic E-state index is 11.3. The van der Waals surface area contributed by atoms with Crippen LogP contribution in [0.2, 0.25) is 5.02 Å². The minimum atomic E-state index is -0.614. The molecule has 7 heteroatoms. The summed E-state index contributed by atoms with van der Waals surface area (Å²) in [5, 5.41) is 3.47. The van der Waals surface area contributed by atoms with Crippen LogP contribution in [0.15, 0.2) is 11.0 Å². The lowest BCUT2D eigenvalue weighted by Gasteiger charge is -2.03. The van der Waals surface area contributed by atoms with Gasteiger partial charge in [0, 0.05) is 0 Å². The number of halogens is 1. The zero-order valence-electron chi connectivity index (χ0n) is 7.36. The Bertz CT molecular complexity index is 415. The molecule has 0 radical (unpaired) electrons. The minimum absolute atomic E-state index is 0.0813. The molecule has 0 aliphatic rings. The van der Waals surface area contributed by atoms with Gasteiger partial charge in [-0.1, -0.05) is 11.6 Å². The quantitative estimate of drug-likeness (QED) is 0.685. The Balaban J connectivity index is 3.06. The highest BCUT2D eigenvalue weighted by Gasteiger charge is 2.09. The fourth-order valence-electron chi connectivity index (χ4n) is 0.777. The fourth-order valence-corrected chi connectivity index (χ4v) is 0.924. The molecular weight excluding hydrogens is 210 g/mol. The summed E-state index contributed by atoms with van der Waals surface area (Å²) in [4.78, 5) is 22.2. The van der Waals surface area contributed by atoms with Crippen LogP contribution in [-0.4, -0.2) is 22.9 Å². The van der Waals surface area contributed by atoms with Crippen LogP contribution < -0.4 is 11.3 Å². The van der Waals surface area contributed by atoms with Gasteiger partial charge in [0.15, 0.2) is 0 Å². The summed E-state index contributed by atoms with van der Waals surface area (Å²) in [5.41, 5.74) is 4.80. The molecule has 0 atom stereocenters. The van der Waals surface area contributed by atoms with Crippen LogP contribution in [0, 0.1) is 0 Å². The Morgan fingerprint density at radius 2 is 2.43 bits per heavy atom. The summed E-state index contributed by atoms with van der Waals surface area (Å²) in [5.74, 6) is -0.583. The molecule has 0 saturated carbocycles. The third kappa shape index (κ3) is 2.02. The molecular formula is C7H8ClN3O3. The summed E-state index contributed by atoms with van der Waals surface area (Å²) in [7, 11) is 1.21. The lowest BCUT2D eigenvalue weighted by Crippen LogP contribution is -2.28. The van der Waals surface area contributed by atoms with Gasteiger partial charge in [-0.2, -0.15) is 5.10 Å². The molecule has 0 fully saturated rings. The second kappa shape index (κ2) is 4.10. The van der Waals surface area contributed by atoms with Crippen LogP contribution in [0.25, 0.3) is 0 Å². The summed E-state index contributed by atoms with van der Waals surface area (Å²) in [6, 6.07) is 0. The number of anilines is 1. The topological polar surface area (TPSA) is 87.2 Å². The average molecular weight is 218 g/mol. The van der Waals surface area contributed by atoms with Crippen LogP contribution in [0.1, 0.15) is 0 Å². The van der Waals surface area contributed by atoms with Gasteiger partial charge in [-0.3, -0.25) is 9.59 Å². The van der Waals surface area contributed by atoms with Gasteiger partial charge in [-0.15, -0.1) is 0 Å². The predicted octanol–water partition coefficient (Wildman–Crippen LogP) is -0.348. The van der Waals surface area contributed by atoms with Crippen LogP contribution in [0.4, 0.5) is 5.69 Å². The van der Waals surface area contributed by atoms with Gasteiger partial charge in [0.2, 0.25) is 0 Å². The van der Waals surface area contributed by atoms with E-state index in [-0.39, 0.29) is 17.3 Å². The molecule has 1 aromatic heterocycles. The highest BCUT2D eigenvalue weighted by molar-refractivity contribution is 6.32. The molecule has 0 bridgehead atoms. The molecule has 0 spiro atoms. The molecule has 0 aromatic carbocycles. The molecule has 0 saturated heterocycles. The van der Waals surface area contributed by atoms with Crippen molar-refractivity contribution < 1.29 is 9.53 Å². The second-order valence-corrected chi connectivity index (χ2v) is 2.83. The first kappa shape index (κ1) is 10.5. The molecule has 76 valence electrons. The van der Waals surface area contributed by atoms with Crippen molar-refractivity contribution in [2.24, 2.45) is 0 Å². The number of ether oxygens (including phenoxy) is 1. The molecule has 0 aliphatic heterocycles. The maximum atomic E-state index is 11.3. The van der Waals surface area contributed by atoms with Gasteiger partial charge < -0.3 is 10.5 Å². The normalized spacial score (nSPS) is 9.86. The number of nitrogen functional groups attached to an aromatic ring is 1. The van der Waals surface area contributed by atoms with E-state index in [1.807, 2.05) is 0 Å². The van der Waals surface area contributed by atoms with Crippen molar-refractivity contribution in [3.05, 3.63) is 21.6 Å². The molecule has 0 amide bonds. The first-order valence-corrected chi connectivity index (χ1v) is 4.02. The van der Waals surface area contributed by atoms with E-state index in [0.717, 1.165) is 4.68 Å². The van der Waals surface area contributed by atoms with Gasteiger partial charge >= 0.3 is 5.97 Å². The summed E-state index contributed by atoms with van der Waals surface area (Å²) in [6.45, 7) is -0.282. The summed E-state index contributed by atoms with van der Waals surface area (Å²) in [6.07, 6.45) is 1.20. The standard InChI is InChI=1S/C7H8ClN3O3/c1-14-5(12)3-11-7(13)6(8)4(9)2-10-11/h2H,3,9H2,1H3. The van der Waals surface area contributed by atoms with Gasteiger partial charge in [0.1, 0.15) is 11.6 Å². The maximum Gasteiger partial charge on any atom is 0.327 e. The van der Waals surface area contributed by atoms with E-state index >= 15 is 0 Å². The number of nitrogens with zero attached hydrogens (tertiary/aromatic N) is 2. The van der Waals surface area contributed by atoms with E-state index in [0.29, 0.717) is 0 Å². The van der Waals surface area contributed by atoms with Crippen LogP contribution in [-0.2, 0) is 16.1 Å². The average Bonchev–Trinajstić information content (AvgIpc) is 2.19. The molecule has 2 N–H and O–H groups in total. The Morgan fingerprint density at radius 3 is 3.00 bits per heavy atom. The molecule has 0 aliphatic carbocycles. The van der Waals surface area contributed by atoms with E-state index in [2.05, 4.69) is 9.84 Å². The molecule has 14 heavy (non-hydrogen) atoms. The Kier molecular flexibility index (Phi) is 3.08. The lowest BCUT2D eigenvalue weighted by molar-refractivity contribution is -0.141. The zero-order valence-corrected chi connectivity index (χ0v) is 8.11. The fraction of sp³-hybridized carbons (Fsp3) is 0.286. The number of methoxy groups -OCH3 is 1. The smallest absolute Gasteiger partial charge is 0.327 e. The first-order valence-electron chi connectivity index (χ1n) is 3.64. The highest BCUT2D eigenvalue weighted by atomic mass is 35.5. The van der Waals surface area contributed by atoms with Crippen molar-refractivity contribution in [1.82, 2.24) is 9.78 Å². The number of hydrogen-bond acceptors (Lipinski definition) is 5. The third-order valence-corrected chi connectivity index (χ3v) is 1.90. The largest absolute Gasteiger partial charge is 0.468 e. The van der Waals surface area contributed by atoms with Crippen molar-refractivity contribution in [3.63, 3.8) is 0 Å². The van der Waals surface area contributed by atoms with Gasteiger partial charge in [0.05, 0.1) is 19.0 Å². The Labute approximate surface area is 84.2 Å². The SMILES string of the molecule is COC(=O)Cn1ncc(N)c(Cl)c1=O. The number of rotatable bonds is 2. The number of nitrogens with two attached hydrogens (primary N) is 1. The van der Waals surface area contributed by atoms with Gasteiger partial charge in [-0.05, 0) is 0 Å². The molecule has 1 rings (SSSR count). The van der Waals surface area contributed by atoms with Crippen molar-refractivity contribution in [2.45, 2.75) is 6.54 Å². The van der Waals surface area contributed by atoms with Gasteiger partial charge in [-0.25, -0.2) is 4.68 Å².